The first-order valence-corrected chi connectivity index (χ1v) is 9.75. The predicted octanol–water partition coefficient (Wildman–Crippen LogP) is 1.97. The molecule has 0 aliphatic rings. The van der Waals surface area contributed by atoms with Gasteiger partial charge in [-0.3, -0.25) is 4.79 Å². The van der Waals surface area contributed by atoms with Gasteiger partial charge < -0.3 is 24.6 Å². The van der Waals surface area contributed by atoms with Crippen molar-refractivity contribution in [3.63, 3.8) is 0 Å². The lowest BCUT2D eigenvalue weighted by atomic mass is 10.1. The van der Waals surface area contributed by atoms with Crippen molar-refractivity contribution in [3.05, 3.63) is 59.7 Å². The summed E-state index contributed by atoms with van der Waals surface area (Å²) in [6.45, 7) is 1.34. The molecule has 0 spiro atoms. The van der Waals surface area contributed by atoms with E-state index in [1.54, 1.807) is 19.1 Å². The minimum Gasteiger partial charge on any atom is -0.493 e. The fraction of sp³-hybridized carbons (Fsp3) is 0.273. The molecule has 32 heavy (non-hydrogen) atoms. The number of carbonyl (C=O) groups excluding carboxylic acids is 2. The van der Waals surface area contributed by atoms with Crippen LogP contribution in [0.2, 0.25) is 0 Å². The number of benzene rings is 2. The van der Waals surface area contributed by atoms with Gasteiger partial charge in [-0.05, 0) is 36.2 Å². The number of aliphatic carboxylic acids is 1. The number of nitrogens with zero attached hydrogens (tertiary/aromatic N) is 1. The van der Waals surface area contributed by atoms with Crippen molar-refractivity contribution >= 4 is 24.2 Å². The molecule has 2 rings (SSSR count). The smallest absolute Gasteiger partial charge is 0.407 e. The maximum Gasteiger partial charge on any atom is 0.407 e. The second-order valence-electron chi connectivity index (χ2n) is 6.43. The fourth-order valence-corrected chi connectivity index (χ4v) is 2.65. The summed E-state index contributed by atoms with van der Waals surface area (Å²) in [5.74, 6) is -1.06. The molecule has 1 atom stereocenters. The first-order valence-electron chi connectivity index (χ1n) is 9.75. The Balaban J connectivity index is 2.05. The van der Waals surface area contributed by atoms with Crippen LogP contribution >= 0.6 is 0 Å². The largest absolute Gasteiger partial charge is 0.493 e. The van der Waals surface area contributed by atoms with Gasteiger partial charge in [0.25, 0.3) is 5.91 Å². The van der Waals surface area contributed by atoms with Gasteiger partial charge in [-0.2, -0.15) is 5.10 Å². The number of nitrogens with one attached hydrogen (secondary N) is 2. The van der Waals surface area contributed by atoms with Crippen molar-refractivity contribution in [2.75, 3.05) is 20.3 Å². The van der Waals surface area contributed by atoms with Gasteiger partial charge in [-0.25, -0.2) is 15.0 Å². The van der Waals surface area contributed by atoms with Crippen LogP contribution in [0.4, 0.5) is 4.79 Å². The minimum atomic E-state index is -1.11. The molecule has 3 N–H and O–H groups in total. The summed E-state index contributed by atoms with van der Waals surface area (Å²) in [6, 6.07) is 13.1. The molecule has 0 fully saturated rings. The van der Waals surface area contributed by atoms with E-state index in [9.17, 15) is 14.4 Å². The maximum atomic E-state index is 12.6. The molecule has 2 aromatic carbocycles. The van der Waals surface area contributed by atoms with E-state index in [0.29, 0.717) is 11.3 Å². The lowest BCUT2D eigenvalue weighted by Gasteiger charge is -2.16. The quantitative estimate of drug-likeness (QED) is 0.357. The summed E-state index contributed by atoms with van der Waals surface area (Å²) in [4.78, 5) is 35.1. The Morgan fingerprint density at radius 1 is 1.12 bits per heavy atom. The Morgan fingerprint density at radius 2 is 1.88 bits per heavy atom. The summed E-state index contributed by atoms with van der Waals surface area (Å²) in [5.41, 5.74) is 3.83. The van der Waals surface area contributed by atoms with Gasteiger partial charge in [0.05, 0.1) is 19.9 Å². The number of hydrogen-bond donors (Lipinski definition) is 3. The number of hydrazone groups is 1. The molecule has 0 radical (unpaired) electrons. The Kier molecular flexibility index (Phi) is 9.51. The number of rotatable bonds is 11. The number of alkyl carbamates (subject to hydrolysis) is 1. The highest BCUT2D eigenvalue weighted by Crippen LogP contribution is 2.27. The first-order chi connectivity index (χ1) is 15.4. The predicted molar refractivity (Wildman–Crippen MR) is 116 cm³/mol. The zero-order valence-electron chi connectivity index (χ0n) is 17.7. The van der Waals surface area contributed by atoms with Crippen molar-refractivity contribution in [2.24, 2.45) is 5.10 Å². The van der Waals surface area contributed by atoms with Crippen molar-refractivity contribution in [1.29, 1.82) is 0 Å². The minimum absolute atomic E-state index is 0.178. The molecule has 2 amide bonds. The lowest BCUT2D eigenvalue weighted by molar-refractivity contribution is -0.139. The topological polar surface area (TPSA) is 136 Å². The first kappa shape index (κ1) is 24.2. The number of hydrogen-bond acceptors (Lipinski definition) is 7. The van der Waals surface area contributed by atoms with Gasteiger partial charge in [0.2, 0.25) is 0 Å². The van der Waals surface area contributed by atoms with Gasteiger partial charge in [0.1, 0.15) is 6.04 Å². The summed E-state index contributed by atoms with van der Waals surface area (Å²) in [7, 11) is 1.42. The van der Waals surface area contributed by atoms with Crippen LogP contribution in [0.5, 0.6) is 11.5 Å². The molecule has 0 saturated heterocycles. The van der Waals surface area contributed by atoms with E-state index in [0.717, 1.165) is 5.56 Å². The monoisotopic (exact) mass is 443 g/mol. The van der Waals surface area contributed by atoms with Crippen LogP contribution in [-0.4, -0.2) is 55.7 Å². The second kappa shape index (κ2) is 12.6. The Hall–Kier alpha value is -4.08. The fourth-order valence-electron chi connectivity index (χ4n) is 2.65. The van der Waals surface area contributed by atoms with Crippen molar-refractivity contribution in [1.82, 2.24) is 10.7 Å². The van der Waals surface area contributed by atoms with E-state index in [1.807, 2.05) is 30.3 Å². The van der Waals surface area contributed by atoms with Crippen LogP contribution in [0.3, 0.4) is 0 Å². The van der Waals surface area contributed by atoms with Gasteiger partial charge in [-0.1, -0.05) is 30.3 Å². The number of carbonyl (C=O) groups is 3. The summed E-state index contributed by atoms with van der Waals surface area (Å²) in [6.07, 6.45) is 0.935. The van der Waals surface area contributed by atoms with Crippen molar-refractivity contribution < 1.29 is 33.7 Å². The van der Waals surface area contributed by atoms with Gasteiger partial charge in [0, 0.05) is 6.42 Å². The van der Waals surface area contributed by atoms with E-state index in [1.165, 1.54) is 19.4 Å². The summed E-state index contributed by atoms with van der Waals surface area (Å²) in [5, 5.41) is 15.2. The molecular formula is C22H25N3O7. The van der Waals surface area contributed by atoms with Crippen LogP contribution in [-0.2, 0) is 20.7 Å². The van der Waals surface area contributed by atoms with Crippen LogP contribution < -0.4 is 20.2 Å². The van der Waals surface area contributed by atoms with Crippen molar-refractivity contribution in [2.45, 2.75) is 19.4 Å². The second-order valence-corrected chi connectivity index (χ2v) is 6.43. The third-order valence-electron chi connectivity index (χ3n) is 4.09. The zero-order valence-corrected chi connectivity index (χ0v) is 17.7. The van der Waals surface area contributed by atoms with Crippen LogP contribution in [0, 0.1) is 0 Å². The number of amides is 2. The molecule has 0 unspecified atom stereocenters. The van der Waals surface area contributed by atoms with E-state index < -0.39 is 30.6 Å². The van der Waals surface area contributed by atoms with Gasteiger partial charge in [-0.15, -0.1) is 0 Å². The van der Waals surface area contributed by atoms with Gasteiger partial charge >= 0.3 is 12.1 Å². The standard InChI is InChI=1S/C22H25N3O7/c1-3-31-22(29)24-17(11-15-7-5-4-6-8-15)21(28)25-23-13-16-9-10-18(19(12-16)30-2)32-14-20(26)27/h4-10,12-13,17H,3,11,14H2,1-2H3,(H,24,29)(H,25,28)(H,26,27)/b23-13-/t17-/m0/s1. The number of ether oxygens (including phenoxy) is 3. The average molecular weight is 443 g/mol. The highest BCUT2D eigenvalue weighted by molar-refractivity contribution is 5.87. The SMILES string of the molecule is CCOC(=O)N[C@@H](Cc1ccccc1)C(=O)N/N=C\c1ccc(OCC(=O)O)c(OC)c1. The number of methoxy groups -OCH3 is 1. The molecular weight excluding hydrogens is 418 g/mol. The molecule has 0 saturated carbocycles. The normalized spacial score (nSPS) is 11.4. The van der Waals surface area contributed by atoms with E-state index in [-0.39, 0.29) is 18.8 Å². The van der Waals surface area contributed by atoms with Crippen LogP contribution in [0.25, 0.3) is 0 Å². The molecule has 0 aromatic heterocycles. The number of carboxylic acid groups (broad SMARTS) is 1. The molecule has 170 valence electrons. The maximum absolute atomic E-state index is 12.6. The Bertz CT molecular complexity index is 948. The molecule has 2 aromatic rings. The zero-order chi connectivity index (χ0) is 23.3. The average Bonchev–Trinajstić information content (AvgIpc) is 2.78. The Morgan fingerprint density at radius 3 is 2.53 bits per heavy atom. The highest BCUT2D eigenvalue weighted by Gasteiger charge is 2.21. The molecule has 10 heteroatoms. The third kappa shape index (κ3) is 7.98. The third-order valence-corrected chi connectivity index (χ3v) is 4.09. The summed E-state index contributed by atoms with van der Waals surface area (Å²) < 4.78 is 15.2. The molecule has 10 nitrogen and oxygen atoms in total. The van der Waals surface area contributed by atoms with Crippen molar-refractivity contribution in [3.8, 4) is 11.5 Å². The number of carboxylic acids is 1. The molecule has 0 bridgehead atoms. The summed E-state index contributed by atoms with van der Waals surface area (Å²) >= 11 is 0. The van der Waals surface area contributed by atoms with E-state index >= 15 is 0 Å². The van der Waals surface area contributed by atoms with E-state index in [2.05, 4.69) is 15.8 Å². The highest BCUT2D eigenvalue weighted by atomic mass is 16.5. The van der Waals surface area contributed by atoms with Crippen LogP contribution in [0.1, 0.15) is 18.1 Å². The van der Waals surface area contributed by atoms with Gasteiger partial charge in [0.15, 0.2) is 18.1 Å². The Labute approximate surface area is 185 Å². The lowest BCUT2D eigenvalue weighted by Crippen LogP contribution is -2.47. The van der Waals surface area contributed by atoms with Crippen LogP contribution in [0.15, 0.2) is 53.6 Å². The molecule has 0 aliphatic carbocycles. The molecule has 0 aliphatic heterocycles. The molecule has 0 heterocycles. The van der Waals surface area contributed by atoms with E-state index in [4.69, 9.17) is 19.3 Å².